The fraction of sp³-hybridized carbons (Fsp3) is 0.526. The predicted molar refractivity (Wildman–Crippen MR) is 95.7 cm³/mol. The lowest BCUT2D eigenvalue weighted by Crippen LogP contribution is -2.66. The number of benzene rings is 1. The molecule has 9 nitrogen and oxygen atoms in total. The highest BCUT2D eigenvalue weighted by Crippen LogP contribution is 2.28. The van der Waals surface area contributed by atoms with Gasteiger partial charge in [0.05, 0.1) is 13.2 Å². The molecule has 1 aromatic rings. The molecule has 1 unspecified atom stereocenters. The molecule has 28 heavy (non-hydrogen) atoms. The van der Waals surface area contributed by atoms with E-state index in [0.29, 0.717) is 0 Å². The molecule has 2 N–H and O–H groups in total. The zero-order valence-electron chi connectivity index (χ0n) is 16.0. The minimum atomic E-state index is -1.11. The van der Waals surface area contributed by atoms with Crippen molar-refractivity contribution in [1.82, 2.24) is 5.32 Å². The summed E-state index contributed by atoms with van der Waals surface area (Å²) >= 11 is 0. The van der Waals surface area contributed by atoms with Crippen LogP contribution in [0.15, 0.2) is 30.3 Å². The third-order valence-electron chi connectivity index (χ3n) is 4.06. The number of carbonyl (C=O) groups excluding carboxylic acids is 3. The zero-order valence-corrected chi connectivity index (χ0v) is 16.0. The van der Waals surface area contributed by atoms with Crippen LogP contribution in [0.4, 0.5) is 0 Å². The quantitative estimate of drug-likeness (QED) is 0.632. The van der Waals surface area contributed by atoms with E-state index < -0.39 is 55.1 Å². The van der Waals surface area contributed by atoms with Crippen LogP contribution >= 0.6 is 0 Å². The number of amides is 1. The van der Waals surface area contributed by atoms with Gasteiger partial charge in [-0.2, -0.15) is 0 Å². The van der Waals surface area contributed by atoms with E-state index in [1.54, 1.807) is 0 Å². The minimum Gasteiger partial charge on any atom is -0.456 e. The Hall–Kier alpha value is -2.49. The second-order valence-corrected chi connectivity index (χ2v) is 6.40. The van der Waals surface area contributed by atoms with Crippen molar-refractivity contribution in [3.8, 4) is 0 Å². The number of aliphatic hydroxyl groups is 1. The van der Waals surface area contributed by atoms with E-state index in [1.165, 1.54) is 20.8 Å². The van der Waals surface area contributed by atoms with Crippen LogP contribution < -0.4 is 5.32 Å². The summed E-state index contributed by atoms with van der Waals surface area (Å²) in [7, 11) is 0. The van der Waals surface area contributed by atoms with Gasteiger partial charge in [0.1, 0.15) is 12.1 Å². The van der Waals surface area contributed by atoms with Crippen LogP contribution in [-0.4, -0.2) is 60.2 Å². The molecule has 1 heterocycles. The molecule has 1 saturated heterocycles. The lowest BCUT2D eigenvalue weighted by atomic mass is 9.96. The Morgan fingerprint density at radius 1 is 1.04 bits per heavy atom. The van der Waals surface area contributed by atoms with E-state index in [9.17, 15) is 19.5 Å². The summed E-state index contributed by atoms with van der Waals surface area (Å²) in [5.74, 6) is -1.70. The van der Waals surface area contributed by atoms with E-state index in [4.69, 9.17) is 18.9 Å². The van der Waals surface area contributed by atoms with Gasteiger partial charge in [0.2, 0.25) is 5.91 Å². The summed E-state index contributed by atoms with van der Waals surface area (Å²) in [6, 6.07) is 8.32. The van der Waals surface area contributed by atoms with Crippen LogP contribution in [0.1, 0.15) is 26.3 Å². The Morgan fingerprint density at radius 3 is 2.18 bits per heavy atom. The Bertz CT molecular complexity index is 680. The molecule has 0 bridgehead atoms. The molecular formula is C19H25NO8. The van der Waals surface area contributed by atoms with Crippen molar-refractivity contribution in [1.29, 1.82) is 0 Å². The van der Waals surface area contributed by atoms with Gasteiger partial charge in [0.15, 0.2) is 18.5 Å². The molecule has 9 heteroatoms. The Kier molecular flexibility index (Phi) is 7.91. The van der Waals surface area contributed by atoms with Gasteiger partial charge < -0.3 is 29.4 Å². The van der Waals surface area contributed by atoms with E-state index in [1.807, 2.05) is 30.3 Å². The van der Waals surface area contributed by atoms with Crippen molar-refractivity contribution in [2.24, 2.45) is 0 Å². The number of esters is 2. The van der Waals surface area contributed by atoms with Gasteiger partial charge in [-0.15, -0.1) is 0 Å². The van der Waals surface area contributed by atoms with E-state index in [0.717, 1.165) is 5.56 Å². The van der Waals surface area contributed by atoms with E-state index in [-0.39, 0.29) is 6.61 Å². The van der Waals surface area contributed by atoms with Crippen molar-refractivity contribution in [2.75, 3.05) is 6.61 Å². The molecule has 5 atom stereocenters. The second-order valence-electron chi connectivity index (χ2n) is 6.40. The largest absolute Gasteiger partial charge is 0.456 e. The number of hydrogen-bond acceptors (Lipinski definition) is 8. The van der Waals surface area contributed by atoms with Crippen LogP contribution in [0.25, 0.3) is 0 Å². The van der Waals surface area contributed by atoms with Crippen LogP contribution in [0, 0.1) is 0 Å². The van der Waals surface area contributed by atoms with Crippen molar-refractivity contribution < 1.29 is 38.4 Å². The lowest BCUT2D eigenvalue weighted by molar-refractivity contribution is -0.279. The maximum Gasteiger partial charge on any atom is 0.303 e. The lowest BCUT2D eigenvalue weighted by Gasteiger charge is -2.44. The molecule has 154 valence electrons. The number of hydrogen-bond donors (Lipinski definition) is 2. The molecule has 2 rings (SSSR count). The highest BCUT2D eigenvalue weighted by atomic mass is 16.7. The highest BCUT2D eigenvalue weighted by Gasteiger charge is 2.50. The van der Waals surface area contributed by atoms with E-state index >= 15 is 0 Å². The zero-order chi connectivity index (χ0) is 20.7. The molecule has 0 aliphatic carbocycles. The minimum absolute atomic E-state index is 0.158. The first kappa shape index (κ1) is 21.8. The number of nitrogens with one attached hydrogen (secondary N) is 1. The Morgan fingerprint density at radius 2 is 1.64 bits per heavy atom. The highest BCUT2D eigenvalue weighted by molar-refractivity contribution is 5.73. The maximum atomic E-state index is 11.7. The molecule has 0 spiro atoms. The summed E-state index contributed by atoms with van der Waals surface area (Å²) in [4.78, 5) is 34.9. The molecule has 0 aromatic heterocycles. The van der Waals surface area contributed by atoms with Gasteiger partial charge >= 0.3 is 11.9 Å². The third kappa shape index (κ3) is 6.01. The molecule has 1 aromatic carbocycles. The van der Waals surface area contributed by atoms with Gasteiger partial charge in [0, 0.05) is 20.8 Å². The molecule has 0 radical (unpaired) electrons. The normalized spacial score (nSPS) is 26.9. The first-order chi connectivity index (χ1) is 13.3. The van der Waals surface area contributed by atoms with Crippen molar-refractivity contribution in [3.63, 3.8) is 0 Å². The van der Waals surface area contributed by atoms with Crippen LogP contribution in [0.3, 0.4) is 0 Å². The first-order valence-electron chi connectivity index (χ1n) is 8.85. The van der Waals surface area contributed by atoms with Crippen LogP contribution in [0.5, 0.6) is 0 Å². The van der Waals surface area contributed by atoms with Gasteiger partial charge in [0.25, 0.3) is 0 Å². The summed E-state index contributed by atoms with van der Waals surface area (Å²) in [5, 5.41) is 12.3. The number of carbonyl (C=O) groups is 3. The molecule has 1 amide bonds. The summed E-state index contributed by atoms with van der Waals surface area (Å²) in [6.45, 7) is 3.32. The van der Waals surface area contributed by atoms with Gasteiger partial charge in [-0.3, -0.25) is 14.4 Å². The summed E-state index contributed by atoms with van der Waals surface area (Å²) < 4.78 is 22.1. The monoisotopic (exact) mass is 395 g/mol. The average Bonchev–Trinajstić information content (AvgIpc) is 2.63. The average molecular weight is 395 g/mol. The van der Waals surface area contributed by atoms with Gasteiger partial charge in [-0.25, -0.2) is 0 Å². The molecule has 1 aliphatic heterocycles. The maximum absolute atomic E-state index is 11.7. The van der Waals surface area contributed by atoms with Crippen LogP contribution in [0.2, 0.25) is 0 Å². The predicted octanol–water partition coefficient (Wildman–Crippen LogP) is 0.288. The fourth-order valence-electron chi connectivity index (χ4n) is 3.00. The summed E-state index contributed by atoms with van der Waals surface area (Å²) in [5.41, 5.74) is 0.861. The molecule has 1 fully saturated rings. The smallest absolute Gasteiger partial charge is 0.303 e. The fourth-order valence-corrected chi connectivity index (χ4v) is 3.00. The molecule has 1 aliphatic rings. The second kappa shape index (κ2) is 10.2. The van der Waals surface area contributed by atoms with Crippen molar-refractivity contribution >= 4 is 17.8 Å². The SMILES string of the molecule is CC(=O)N[C@@H]1[C@@H](OCc2ccccc2)OC(CO)[C@@H](OC(C)=O)[C@@H]1OC(C)=O. The van der Waals surface area contributed by atoms with Gasteiger partial charge in [-0.1, -0.05) is 30.3 Å². The molecular weight excluding hydrogens is 370 g/mol. The topological polar surface area (TPSA) is 120 Å². The number of rotatable bonds is 7. The van der Waals surface area contributed by atoms with Crippen molar-refractivity contribution in [3.05, 3.63) is 35.9 Å². The van der Waals surface area contributed by atoms with Crippen LogP contribution in [-0.2, 0) is 39.9 Å². The number of aliphatic hydroxyl groups excluding tert-OH is 1. The van der Waals surface area contributed by atoms with E-state index in [2.05, 4.69) is 5.32 Å². The Balaban J connectivity index is 2.29. The number of ether oxygens (including phenoxy) is 4. The Labute approximate surface area is 162 Å². The van der Waals surface area contributed by atoms with Gasteiger partial charge in [-0.05, 0) is 5.56 Å². The summed E-state index contributed by atoms with van der Waals surface area (Å²) in [6.07, 6.45) is -4.26. The molecule has 0 saturated carbocycles. The standard InChI is InChI=1S/C19H25NO8/c1-11(22)20-16-18(27-13(3)24)17(26-12(2)23)15(9-21)28-19(16)25-10-14-7-5-4-6-8-14/h4-8,15-19,21H,9-10H2,1-3H3,(H,20,22)/t15?,16-,17+,18+,19-/m0/s1. The third-order valence-corrected chi connectivity index (χ3v) is 4.06. The first-order valence-corrected chi connectivity index (χ1v) is 8.85. The van der Waals surface area contributed by atoms with Crippen molar-refractivity contribution in [2.45, 2.75) is 58.0 Å².